The van der Waals surface area contributed by atoms with Gasteiger partial charge < -0.3 is 9.47 Å². The van der Waals surface area contributed by atoms with E-state index in [4.69, 9.17) is 26.1 Å². The Balaban J connectivity index is 2.20. The van der Waals surface area contributed by atoms with E-state index in [2.05, 4.69) is 45.5 Å². The first-order chi connectivity index (χ1) is 14.6. The highest BCUT2D eigenvalue weighted by Gasteiger charge is 2.41. The van der Waals surface area contributed by atoms with E-state index < -0.39 is 0 Å². The second-order valence-corrected chi connectivity index (χ2v) is 9.51. The van der Waals surface area contributed by atoms with Crippen LogP contribution < -0.4 is 0 Å². The first-order valence-corrected chi connectivity index (χ1v) is 10.9. The number of nitrogens with zero attached hydrogens (tertiary/aromatic N) is 3. The van der Waals surface area contributed by atoms with Crippen LogP contribution in [-0.4, -0.2) is 34.1 Å². The lowest BCUT2D eigenvalue weighted by Crippen LogP contribution is -2.44. The number of aromatic nitrogens is 2. The number of hydrogen-bond donors (Lipinski definition) is 0. The topological polar surface area (TPSA) is 48.6 Å². The zero-order chi connectivity index (χ0) is 22.8. The van der Waals surface area contributed by atoms with Gasteiger partial charge in [-0.15, -0.1) is 0 Å². The number of aliphatic imine (C=N–C) groups is 1. The Bertz CT molecular complexity index is 984. The number of methoxy groups -OCH3 is 1. The molecule has 2 aromatic rings. The zero-order valence-electron chi connectivity index (χ0n) is 19.3. The quantitative estimate of drug-likeness (QED) is 0.289. The molecule has 0 N–H and O–H groups in total. The van der Waals surface area contributed by atoms with E-state index in [0.717, 1.165) is 24.2 Å². The molecule has 1 saturated heterocycles. The summed E-state index contributed by atoms with van der Waals surface area (Å²) in [7, 11) is 1.61. The van der Waals surface area contributed by atoms with Gasteiger partial charge in [-0.25, -0.2) is 4.98 Å². The standard InChI is InChI=1S/C25H32ClN3O2/c1-8-21(30-7)22(27-9-2)23-28-20(16-29(23)19-12-10-18(26)11-13-19)17-14-24(3,4)31-25(5,6)15-17/h8-13,16-17H,1,14-15H2,2-7H3/b22-21+,27-9?. The summed E-state index contributed by atoms with van der Waals surface area (Å²) in [6.07, 6.45) is 7.27. The van der Waals surface area contributed by atoms with Gasteiger partial charge in [0.25, 0.3) is 0 Å². The lowest BCUT2D eigenvalue weighted by Gasteiger charge is -2.45. The normalized spacial score (nSPS) is 19.3. The molecular weight excluding hydrogens is 410 g/mol. The third kappa shape index (κ3) is 5.28. The molecule has 0 radical (unpaired) electrons. The van der Waals surface area contributed by atoms with E-state index in [-0.39, 0.29) is 17.1 Å². The molecule has 1 aliphatic rings. The molecule has 0 amide bonds. The third-order valence-electron chi connectivity index (χ3n) is 5.38. The minimum Gasteiger partial charge on any atom is -0.494 e. The number of halogens is 1. The third-order valence-corrected chi connectivity index (χ3v) is 5.64. The number of allylic oxidation sites excluding steroid dienone is 1. The summed E-state index contributed by atoms with van der Waals surface area (Å²) in [5.74, 6) is 1.53. The molecule has 1 aromatic carbocycles. The first-order valence-electron chi connectivity index (χ1n) is 10.5. The summed E-state index contributed by atoms with van der Waals surface area (Å²) in [5, 5.41) is 0.685. The summed E-state index contributed by atoms with van der Waals surface area (Å²) in [4.78, 5) is 9.65. The fourth-order valence-corrected chi connectivity index (χ4v) is 4.62. The van der Waals surface area contributed by atoms with Crippen molar-refractivity contribution in [3.8, 4) is 5.69 Å². The van der Waals surface area contributed by atoms with Crippen molar-refractivity contribution >= 4 is 23.5 Å². The predicted molar refractivity (Wildman–Crippen MR) is 128 cm³/mol. The highest BCUT2D eigenvalue weighted by atomic mass is 35.5. The van der Waals surface area contributed by atoms with Gasteiger partial charge in [-0.05, 0) is 77.8 Å². The Morgan fingerprint density at radius 3 is 2.35 bits per heavy atom. The van der Waals surface area contributed by atoms with E-state index in [9.17, 15) is 0 Å². The van der Waals surface area contributed by atoms with Crippen molar-refractivity contribution in [2.45, 2.75) is 64.6 Å². The predicted octanol–water partition coefficient (Wildman–Crippen LogP) is 6.57. The molecule has 0 atom stereocenters. The Morgan fingerprint density at radius 2 is 1.84 bits per heavy atom. The van der Waals surface area contributed by atoms with Crippen LogP contribution >= 0.6 is 11.6 Å². The Hall–Kier alpha value is -2.37. The molecule has 0 aliphatic carbocycles. The minimum atomic E-state index is -0.227. The molecule has 6 heteroatoms. The van der Waals surface area contributed by atoms with Crippen molar-refractivity contribution in [1.82, 2.24) is 9.55 Å². The monoisotopic (exact) mass is 441 g/mol. The van der Waals surface area contributed by atoms with Crippen molar-refractivity contribution < 1.29 is 9.47 Å². The maximum Gasteiger partial charge on any atom is 0.167 e. The number of benzene rings is 1. The second kappa shape index (κ2) is 9.01. The molecular formula is C25H32ClN3O2. The van der Waals surface area contributed by atoms with E-state index in [0.29, 0.717) is 22.3 Å². The van der Waals surface area contributed by atoms with Crippen LogP contribution in [-0.2, 0) is 9.47 Å². The average molecular weight is 442 g/mol. The highest BCUT2D eigenvalue weighted by Crippen LogP contribution is 2.43. The van der Waals surface area contributed by atoms with Gasteiger partial charge in [0.15, 0.2) is 5.82 Å². The minimum absolute atomic E-state index is 0.227. The summed E-state index contributed by atoms with van der Waals surface area (Å²) < 4.78 is 13.9. The lowest BCUT2D eigenvalue weighted by molar-refractivity contribution is -0.162. The average Bonchev–Trinajstić information content (AvgIpc) is 3.11. The lowest BCUT2D eigenvalue weighted by atomic mass is 9.79. The zero-order valence-corrected chi connectivity index (χ0v) is 20.0. The van der Waals surface area contributed by atoms with Gasteiger partial charge in [-0.1, -0.05) is 18.2 Å². The van der Waals surface area contributed by atoms with Crippen LogP contribution in [0.15, 0.2) is 53.9 Å². The van der Waals surface area contributed by atoms with Gasteiger partial charge in [-0.3, -0.25) is 9.56 Å². The molecule has 2 heterocycles. The Kier molecular flexibility index (Phi) is 6.77. The number of ether oxygens (including phenoxy) is 2. The number of rotatable bonds is 6. The van der Waals surface area contributed by atoms with E-state index in [1.54, 1.807) is 19.4 Å². The second-order valence-electron chi connectivity index (χ2n) is 9.07. The van der Waals surface area contributed by atoms with Crippen LogP contribution in [0.1, 0.15) is 64.9 Å². The molecule has 166 valence electrons. The molecule has 0 unspecified atom stereocenters. The molecule has 0 bridgehead atoms. The van der Waals surface area contributed by atoms with Crippen LogP contribution in [0.5, 0.6) is 0 Å². The van der Waals surface area contributed by atoms with Gasteiger partial charge in [-0.2, -0.15) is 0 Å². The first kappa shape index (κ1) is 23.3. The Morgan fingerprint density at radius 1 is 1.23 bits per heavy atom. The van der Waals surface area contributed by atoms with Crippen LogP contribution in [0.4, 0.5) is 0 Å². The van der Waals surface area contributed by atoms with Gasteiger partial charge in [0.05, 0.1) is 24.0 Å². The summed E-state index contributed by atoms with van der Waals surface area (Å²) >= 11 is 6.13. The summed E-state index contributed by atoms with van der Waals surface area (Å²) in [5.41, 5.74) is 2.14. The van der Waals surface area contributed by atoms with Gasteiger partial charge in [0.1, 0.15) is 11.5 Å². The summed E-state index contributed by atoms with van der Waals surface area (Å²) in [6.45, 7) is 14.3. The van der Waals surface area contributed by atoms with E-state index in [1.807, 2.05) is 35.8 Å². The van der Waals surface area contributed by atoms with Crippen molar-refractivity contribution in [1.29, 1.82) is 0 Å². The van der Waals surface area contributed by atoms with Crippen molar-refractivity contribution in [3.05, 3.63) is 65.4 Å². The van der Waals surface area contributed by atoms with Crippen LogP contribution in [0.2, 0.25) is 5.02 Å². The van der Waals surface area contributed by atoms with E-state index in [1.165, 1.54) is 0 Å². The molecule has 5 nitrogen and oxygen atoms in total. The molecule has 1 aliphatic heterocycles. The van der Waals surface area contributed by atoms with Crippen molar-refractivity contribution in [2.75, 3.05) is 7.11 Å². The van der Waals surface area contributed by atoms with Crippen molar-refractivity contribution in [2.24, 2.45) is 4.99 Å². The molecule has 0 saturated carbocycles. The van der Waals surface area contributed by atoms with Crippen LogP contribution in [0.25, 0.3) is 11.4 Å². The van der Waals surface area contributed by atoms with E-state index >= 15 is 0 Å². The van der Waals surface area contributed by atoms with Gasteiger partial charge in [0.2, 0.25) is 0 Å². The molecule has 1 aromatic heterocycles. The fourth-order valence-electron chi connectivity index (χ4n) is 4.50. The van der Waals surface area contributed by atoms with Crippen LogP contribution in [0, 0.1) is 0 Å². The molecule has 3 rings (SSSR count). The summed E-state index contributed by atoms with van der Waals surface area (Å²) in [6, 6.07) is 7.70. The number of hydrogen-bond acceptors (Lipinski definition) is 4. The fraction of sp³-hybridized carbons (Fsp3) is 0.440. The smallest absolute Gasteiger partial charge is 0.167 e. The Labute approximate surface area is 190 Å². The number of imidazole rings is 1. The van der Waals surface area contributed by atoms with Gasteiger partial charge in [0, 0.05) is 29.0 Å². The SMILES string of the molecule is C=C/C(OC)=C(\N=CC)c1nc(C2CC(C)(C)OC(C)(C)C2)cn1-c1ccc(Cl)cc1. The molecule has 1 fully saturated rings. The molecule has 0 spiro atoms. The maximum absolute atomic E-state index is 6.29. The van der Waals surface area contributed by atoms with Gasteiger partial charge >= 0.3 is 0 Å². The largest absolute Gasteiger partial charge is 0.494 e. The van der Waals surface area contributed by atoms with Crippen molar-refractivity contribution in [3.63, 3.8) is 0 Å². The molecule has 31 heavy (non-hydrogen) atoms. The maximum atomic E-state index is 6.29. The van der Waals surface area contributed by atoms with Crippen LogP contribution in [0.3, 0.4) is 0 Å². The highest BCUT2D eigenvalue weighted by molar-refractivity contribution is 6.30.